The number of anilines is 2. The summed E-state index contributed by atoms with van der Waals surface area (Å²) in [6.45, 7) is 7.76. The van der Waals surface area contributed by atoms with Crippen molar-refractivity contribution in [2.45, 2.75) is 13.8 Å². The number of benzene rings is 3. The molecule has 0 radical (unpaired) electrons. The Morgan fingerprint density at radius 3 is 2.48 bits per heavy atom. The molecule has 0 aliphatic heterocycles. The topological polar surface area (TPSA) is 24.4 Å². The Morgan fingerprint density at radius 1 is 1.03 bits per heavy atom. The van der Waals surface area contributed by atoms with E-state index in [1.807, 2.05) is 73.7 Å². The van der Waals surface area contributed by atoms with Gasteiger partial charge in [-0.25, -0.2) is 0 Å². The molecule has 0 unspecified atom stereocenters. The molecule has 0 atom stereocenters. The van der Waals surface area contributed by atoms with Crippen molar-refractivity contribution in [1.82, 2.24) is 0 Å². The first kappa shape index (κ1) is 20.4. The third-order valence-electron chi connectivity index (χ3n) is 4.39. The second-order valence-corrected chi connectivity index (χ2v) is 7.08. The van der Waals surface area contributed by atoms with Crippen LogP contribution in [0.3, 0.4) is 0 Å². The summed E-state index contributed by atoms with van der Waals surface area (Å²) < 4.78 is 0. The number of rotatable bonds is 6. The third kappa shape index (κ3) is 5.58. The molecule has 0 saturated heterocycles. The minimum Gasteiger partial charge on any atom is -0.354 e. The number of nitrogens with zero attached hydrogens (tertiary/aromatic N) is 1. The molecule has 0 aliphatic rings. The van der Waals surface area contributed by atoms with Crippen LogP contribution in [-0.2, 0) is 0 Å². The Balaban J connectivity index is 1.92. The van der Waals surface area contributed by atoms with Crippen molar-refractivity contribution >= 4 is 39.9 Å². The number of aliphatic imine (C=N–C) groups is 1. The molecule has 2 nitrogen and oxygen atoms in total. The van der Waals surface area contributed by atoms with Gasteiger partial charge in [0.15, 0.2) is 0 Å². The van der Waals surface area contributed by atoms with Gasteiger partial charge in [-0.3, -0.25) is 4.99 Å². The minimum atomic E-state index is 0.681. The molecular formula is C26H23ClN2. The number of hydrogen-bond acceptors (Lipinski definition) is 2. The second kappa shape index (κ2) is 9.75. The van der Waals surface area contributed by atoms with Gasteiger partial charge >= 0.3 is 0 Å². The smallest absolute Gasteiger partial charge is 0.0682 e. The zero-order valence-electron chi connectivity index (χ0n) is 16.6. The van der Waals surface area contributed by atoms with Gasteiger partial charge in [0.1, 0.15) is 0 Å². The number of halogens is 1. The van der Waals surface area contributed by atoms with Crippen LogP contribution < -0.4 is 5.32 Å². The van der Waals surface area contributed by atoms with Crippen LogP contribution in [0, 0.1) is 6.92 Å². The van der Waals surface area contributed by atoms with Crippen molar-refractivity contribution in [3.63, 3.8) is 0 Å². The first-order valence-corrected chi connectivity index (χ1v) is 9.75. The second-order valence-electron chi connectivity index (χ2n) is 6.67. The zero-order chi connectivity index (χ0) is 20.6. The highest BCUT2D eigenvalue weighted by molar-refractivity contribution is 6.33. The summed E-state index contributed by atoms with van der Waals surface area (Å²) in [6.07, 6.45) is 3.91. The number of allylic oxidation sites excluding steroid dienone is 3. The lowest BCUT2D eigenvalue weighted by molar-refractivity contribution is 1.38. The predicted molar refractivity (Wildman–Crippen MR) is 127 cm³/mol. The lowest BCUT2D eigenvalue weighted by Crippen LogP contribution is -1.92. The standard InChI is InChI=1S/C26H23ClN2/c1-4-10-22(21-11-6-5-7-12-21)17-20(3)28-26-18-23(16-15-19(26)2)29-25-14-9-8-13-24(25)27/h5-18,29H,1H2,2-3H3/b22-17+,28-20?. The monoisotopic (exact) mass is 398 g/mol. The highest BCUT2D eigenvalue weighted by Crippen LogP contribution is 2.29. The van der Waals surface area contributed by atoms with Crippen molar-refractivity contribution in [1.29, 1.82) is 0 Å². The van der Waals surface area contributed by atoms with Crippen molar-refractivity contribution in [3.05, 3.63) is 113 Å². The van der Waals surface area contributed by atoms with E-state index in [0.29, 0.717) is 5.02 Å². The van der Waals surface area contributed by atoms with Gasteiger partial charge in [-0.1, -0.05) is 66.7 Å². The van der Waals surface area contributed by atoms with Gasteiger partial charge < -0.3 is 5.32 Å². The average Bonchev–Trinajstić information content (AvgIpc) is 2.72. The summed E-state index contributed by atoms with van der Waals surface area (Å²) in [4.78, 5) is 4.83. The van der Waals surface area contributed by atoms with Gasteiger partial charge in [0.05, 0.1) is 16.4 Å². The number of nitrogens with one attached hydrogen (secondary N) is 1. The Morgan fingerprint density at radius 2 is 1.76 bits per heavy atom. The summed E-state index contributed by atoms with van der Waals surface area (Å²) in [6, 6.07) is 23.9. The van der Waals surface area contributed by atoms with Gasteiger partial charge in [0, 0.05) is 11.4 Å². The largest absolute Gasteiger partial charge is 0.354 e. The van der Waals surface area contributed by atoms with Crippen LogP contribution in [-0.4, -0.2) is 5.71 Å². The number of aryl methyl sites for hydroxylation is 1. The van der Waals surface area contributed by atoms with E-state index < -0.39 is 0 Å². The molecule has 29 heavy (non-hydrogen) atoms. The Bertz CT molecular complexity index is 1100. The highest BCUT2D eigenvalue weighted by Gasteiger charge is 2.04. The fourth-order valence-electron chi connectivity index (χ4n) is 2.92. The Labute approximate surface area is 177 Å². The van der Waals surface area contributed by atoms with Crippen molar-refractivity contribution in [2.24, 2.45) is 4.99 Å². The van der Waals surface area contributed by atoms with Gasteiger partial charge in [0.25, 0.3) is 0 Å². The molecule has 3 aromatic carbocycles. The normalized spacial score (nSPS) is 11.7. The maximum absolute atomic E-state index is 6.26. The van der Waals surface area contributed by atoms with Gasteiger partial charge in [0.2, 0.25) is 0 Å². The molecule has 0 fully saturated rings. The predicted octanol–water partition coefficient (Wildman–Crippen LogP) is 7.91. The lowest BCUT2D eigenvalue weighted by Gasteiger charge is -2.10. The van der Waals surface area contributed by atoms with Crippen LogP contribution in [0.5, 0.6) is 0 Å². The molecule has 0 aromatic heterocycles. The average molecular weight is 399 g/mol. The van der Waals surface area contributed by atoms with E-state index in [1.54, 1.807) is 0 Å². The molecule has 0 saturated carbocycles. The van der Waals surface area contributed by atoms with E-state index >= 15 is 0 Å². The number of para-hydroxylation sites is 1. The molecule has 0 spiro atoms. The SMILES string of the molecule is C=C=C/C(=C\C(C)=Nc1cc(Nc2ccccc2Cl)ccc1C)c1ccccc1. The fourth-order valence-corrected chi connectivity index (χ4v) is 3.10. The molecular weight excluding hydrogens is 376 g/mol. The van der Waals surface area contributed by atoms with Crippen molar-refractivity contribution < 1.29 is 0 Å². The van der Waals surface area contributed by atoms with Crippen LogP contribution in [0.15, 0.2) is 102 Å². The summed E-state index contributed by atoms with van der Waals surface area (Å²) >= 11 is 6.26. The highest BCUT2D eigenvalue weighted by atomic mass is 35.5. The van der Waals surface area contributed by atoms with Crippen LogP contribution in [0.25, 0.3) is 5.57 Å². The zero-order valence-corrected chi connectivity index (χ0v) is 17.4. The minimum absolute atomic E-state index is 0.681. The third-order valence-corrected chi connectivity index (χ3v) is 4.72. The molecule has 0 heterocycles. The lowest BCUT2D eigenvalue weighted by atomic mass is 10.0. The quantitative estimate of drug-likeness (QED) is 0.254. The summed E-state index contributed by atoms with van der Waals surface area (Å²) in [5.41, 5.74) is 9.70. The summed E-state index contributed by atoms with van der Waals surface area (Å²) in [5.74, 6) is 0. The molecule has 3 aromatic rings. The Kier molecular flexibility index (Phi) is 6.86. The molecule has 3 heteroatoms. The first-order valence-electron chi connectivity index (χ1n) is 9.37. The van der Waals surface area contributed by atoms with Crippen molar-refractivity contribution in [3.8, 4) is 0 Å². The van der Waals surface area contributed by atoms with Gasteiger partial charge in [-0.15, -0.1) is 5.73 Å². The van der Waals surface area contributed by atoms with E-state index in [1.165, 1.54) is 0 Å². The maximum atomic E-state index is 6.26. The van der Waals surface area contributed by atoms with E-state index in [0.717, 1.165) is 39.5 Å². The maximum Gasteiger partial charge on any atom is 0.0682 e. The number of hydrogen-bond donors (Lipinski definition) is 1. The van der Waals surface area contributed by atoms with Gasteiger partial charge in [-0.2, -0.15) is 0 Å². The van der Waals surface area contributed by atoms with Crippen LogP contribution >= 0.6 is 11.6 Å². The summed E-state index contributed by atoms with van der Waals surface area (Å²) in [5, 5.41) is 4.04. The molecule has 1 N–H and O–H groups in total. The Hall–Kier alpha value is -3.32. The van der Waals surface area contributed by atoms with Crippen molar-refractivity contribution in [2.75, 3.05) is 5.32 Å². The molecule has 0 bridgehead atoms. The van der Waals surface area contributed by atoms with E-state index in [4.69, 9.17) is 16.6 Å². The van der Waals surface area contributed by atoms with E-state index in [-0.39, 0.29) is 0 Å². The first-order chi connectivity index (χ1) is 14.1. The van der Waals surface area contributed by atoms with Crippen LogP contribution in [0.2, 0.25) is 5.02 Å². The molecule has 3 rings (SSSR count). The van der Waals surface area contributed by atoms with Gasteiger partial charge in [-0.05, 0) is 67.0 Å². The fraction of sp³-hybridized carbons (Fsp3) is 0.0769. The molecule has 144 valence electrons. The summed E-state index contributed by atoms with van der Waals surface area (Å²) in [7, 11) is 0. The van der Waals surface area contributed by atoms with E-state index in [2.05, 4.69) is 42.7 Å². The molecule has 0 amide bonds. The molecule has 0 aliphatic carbocycles. The van der Waals surface area contributed by atoms with Crippen LogP contribution in [0.1, 0.15) is 18.1 Å². The van der Waals surface area contributed by atoms with Crippen LogP contribution in [0.4, 0.5) is 17.1 Å². The van der Waals surface area contributed by atoms with E-state index in [9.17, 15) is 0 Å².